The number of carbonyl (C=O) groups excluding carboxylic acids is 1. The highest BCUT2D eigenvalue weighted by atomic mass is 35.5. The first-order valence-corrected chi connectivity index (χ1v) is 11.2. The van der Waals surface area contributed by atoms with Crippen LogP contribution in [0.4, 0.5) is 0 Å². The minimum atomic E-state index is -0.201. The molecule has 0 unspecified atom stereocenters. The minimum Gasteiger partial charge on any atom is -0.496 e. The van der Waals surface area contributed by atoms with Gasteiger partial charge in [0.25, 0.3) is 5.91 Å². The Hall–Kier alpha value is -3.51. The van der Waals surface area contributed by atoms with Crippen molar-refractivity contribution < 1.29 is 14.3 Å². The van der Waals surface area contributed by atoms with E-state index in [-0.39, 0.29) is 5.91 Å². The topological polar surface area (TPSA) is 65.4 Å². The first-order valence-electron chi connectivity index (χ1n) is 10.8. The normalized spacial score (nSPS) is 10.9. The second-order valence-corrected chi connectivity index (χ2v) is 8.07. The summed E-state index contributed by atoms with van der Waals surface area (Å²) in [6.07, 6.45) is 0.787. The second-order valence-electron chi connectivity index (χ2n) is 7.66. The second kappa shape index (κ2) is 10.4. The summed E-state index contributed by atoms with van der Waals surface area (Å²) in [5.41, 5.74) is 3.41. The van der Waals surface area contributed by atoms with E-state index >= 15 is 0 Å². The van der Waals surface area contributed by atoms with Crippen LogP contribution < -0.4 is 14.8 Å². The summed E-state index contributed by atoms with van der Waals surface area (Å²) in [5.74, 6) is 1.93. The number of halogens is 1. The fraction of sp³-hybridized carbons (Fsp3) is 0.231. The summed E-state index contributed by atoms with van der Waals surface area (Å²) in [6.45, 7) is 3.54. The van der Waals surface area contributed by atoms with Crippen molar-refractivity contribution in [2.45, 2.75) is 26.4 Å². The summed E-state index contributed by atoms with van der Waals surface area (Å²) >= 11 is 6.09. The van der Waals surface area contributed by atoms with E-state index in [4.69, 9.17) is 26.1 Å². The molecule has 0 aliphatic carbocycles. The van der Waals surface area contributed by atoms with Gasteiger partial charge >= 0.3 is 0 Å². The van der Waals surface area contributed by atoms with Gasteiger partial charge in [-0.3, -0.25) is 4.79 Å². The zero-order valence-corrected chi connectivity index (χ0v) is 19.4. The number of amides is 1. The molecule has 0 spiro atoms. The van der Waals surface area contributed by atoms with E-state index in [0.29, 0.717) is 31.0 Å². The summed E-state index contributed by atoms with van der Waals surface area (Å²) in [6, 6.07) is 20.8. The summed E-state index contributed by atoms with van der Waals surface area (Å²) in [7, 11) is 1.55. The van der Waals surface area contributed by atoms with Crippen LogP contribution in [0.15, 0.2) is 66.7 Å². The van der Waals surface area contributed by atoms with Crippen LogP contribution in [-0.2, 0) is 13.1 Å². The van der Waals surface area contributed by atoms with E-state index in [2.05, 4.69) is 9.88 Å². The fourth-order valence-electron chi connectivity index (χ4n) is 3.72. The maximum Gasteiger partial charge on any atom is 0.255 e. The van der Waals surface area contributed by atoms with Gasteiger partial charge in [0.05, 0.1) is 36.9 Å². The van der Waals surface area contributed by atoms with Crippen molar-refractivity contribution >= 4 is 28.5 Å². The van der Waals surface area contributed by atoms with Crippen molar-refractivity contribution in [2.24, 2.45) is 0 Å². The van der Waals surface area contributed by atoms with Gasteiger partial charge in [0.1, 0.15) is 17.3 Å². The number of methoxy groups -OCH3 is 1. The van der Waals surface area contributed by atoms with Crippen LogP contribution >= 0.6 is 11.6 Å². The van der Waals surface area contributed by atoms with Gasteiger partial charge in [0, 0.05) is 11.6 Å². The molecule has 1 amide bonds. The number of rotatable bonds is 9. The van der Waals surface area contributed by atoms with Gasteiger partial charge in [-0.15, -0.1) is 0 Å². The van der Waals surface area contributed by atoms with E-state index in [1.54, 1.807) is 19.2 Å². The lowest BCUT2D eigenvalue weighted by Crippen LogP contribution is -2.25. The number of ether oxygens (including phenoxy) is 2. The molecule has 0 radical (unpaired) electrons. The fourth-order valence-corrected chi connectivity index (χ4v) is 3.83. The van der Waals surface area contributed by atoms with Gasteiger partial charge in [-0.2, -0.15) is 0 Å². The summed E-state index contributed by atoms with van der Waals surface area (Å²) < 4.78 is 13.3. The van der Waals surface area contributed by atoms with Crippen LogP contribution in [0, 0.1) is 6.92 Å². The first-order chi connectivity index (χ1) is 16.1. The van der Waals surface area contributed by atoms with Gasteiger partial charge in [-0.05, 0) is 61.4 Å². The number of benzene rings is 3. The Morgan fingerprint density at radius 3 is 2.70 bits per heavy atom. The summed E-state index contributed by atoms with van der Waals surface area (Å²) in [4.78, 5) is 17.5. The lowest BCUT2D eigenvalue weighted by Gasteiger charge is -2.12. The maximum absolute atomic E-state index is 12.7. The molecule has 3 aromatic carbocycles. The largest absolute Gasteiger partial charge is 0.496 e. The van der Waals surface area contributed by atoms with E-state index in [9.17, 15) is 4.79 Å². The van der Waals surface area contributed by atoms with Crippen LogP contribution in [-0.4, -0.2) is 29.2 Å². The number of para-hydroxylation sites is 3. The van der Waals surface area contributed by atoms with Crippen molar-refractivity contribution in [1.29, 1.82) is 0 Å². The highest BCUT2D eigenvalue weighted by molar-refractivity contribution is 6.31. The number of fused-ring (bicyclic) bond motifs is 1. The number of hydrogen-bond acceptors (Lipinski definition) is 4. The van der Waals surface area contributed by atoms with Gasteiger partial charge in [0.2, 0.25) is 0 Å². The molecule has 170 valence electrons. The van der Waals surface area contributed by atoms with E-state index in [1.807, 2.05) is 61.5 Å². The Bertz CT molecular complexity index is 1270. The predicted octanol–water partition coefficient (Wildman–Crippen LogP) is 5.41. The predicted molar refractivity (Wildman–Crippen MR) is 130 cm³/mol. The number of hydrogen-bond donors (Lipinski definition) is 1. The van der Waals surface area contributed by atoms with Crippen molar-refractivity contribution in [3.8, 4) is 11.5 Å². The quantitative estimate of drug-likeness (QED) is 0.337. The van der Waals surface area contributed by atoms with Gasteiger partial charge in [0.15, 0.2) is 0 Å². The number of nitrogens with zero attached hydrogens (tertiary/aromatic N) is 2. The van der Waals surface area contributed by atoms with Crippen LogP contribution in [0.5, 0.6) is 11.5 Å². The lowest BCUT2D eigenvalue weighted by atomic mass is 10.2. The molecule has 1 N–H and O–H groups in total. The smallest absolute Gasteiger partial charge is 0.255 e. The summed E-state index contributed by atoms with van der Waals surface area (Å²) in [5, 5.41) is 3.70. The molecule has 1 heterocycles. The molecule has 4 aromatic rings. The SMILES string of the molecule is COc1ccccc1C(=O)NCc1nc2ccccc2n1CCCOc1ccc(Cl)c(C)c1. The van der Waals surface area contributed by atoms with Crippen molar-refractivity contribution in [3.05, 3.63) is 88.7 Å². The molecule has 7 heteroatoms. The molecule has 0 atom stereocenters. The van der Waals surface area contributed by atoms with Gasteiger partial charge in [-0.1, -0.05) is 35.9 Å². The number of imidazole rings is 1. The van der Waals surface area contributed by atoms with Crippen molar-refractivity contribution in [2.75, 3.05) is 13.7 Å². The van der Waals surface area contributed by atoms with Crippen molar-refractivity contribution in [3.63, 3.8) is 0 Å². The van der Waals surface area contributed by atoms with Crippen LogP contribution in [0.25, 0.3) is 11.0 Å². The van der Waals surface area contributed by atoms with E-state index in [0.717, 1.165) is 39.6 Å². The lowest BCUT2D eigenvalue weighted by molar-refractivity contribution is 0.0946. The number of aromatic nitrogens is 2. The Labute approximate surface area is 198 Å². The highest BCUT2D eigenvalue weighted by Gasteiger charge is 2.15. The van der Waals surface area contributed by atoms with E-state index in [1.165, 1.54) is 0 Å². The molecule has 0 saturated carbocycles. The standard InChI is InChI=1S/C26H26ClN3O3/c1-18-16-19(12-13-21(18)27)33-15-7-14-30-23-10-5-4-9-22(23)29-25(30)17-28-26(31)20-8-3-6-11-24(20)32-2/h3-6,8-13,16H,7,14-15,17H2,1-2H3,(H,28,31). The average molecular weight is 464 g/mol. The third kappa shape index (κ3) is 5.29. The molecule has 1 aromatic heterocycles. The third-order valence-corrected chi connectivity index (χ3v) is 5.84. The Balaban J connectivity index is 1.44. The molecule has 0 saturated heterocycles. The Morgan fingerprint density at radius 1 is 1.09 bits per heavy atom. The number of nitrogens with one attached hydrogen (secondary N) is 1. The first kappa shape index (κ1) is 22.7. The molecule has 6 nitrogen and oxygen atoms in total. The highest BCUT2D eigenvalue weighted by Crippen LogP contribution is 2.22. The average Bonchev–Trinajstić information content (AvgIpc) is 3.19. The van der Waals surface area contributed by atoms with Gasteiger partial charge in [-0.25, -0.2) is 4.98 Å². The number of aryl methyl sites for hydroxylation is 2. The van der Waals surface area contributed by atoms with Crippen LogP contribution in [0.1, 0.15) is 28.2 Å². The zero-order chi connectivity index (χ0) is 23.2. The molecule has 33 heavy (non-hydrogen) atoms. The number of carbonyl (C=O) groups is 1. The monoisotopic (exact) mass is 463 g/mol. The van der Waals surface area contributed by atoms with E-state index < -0.39 is 0 Å². The molecular formula is C26H26ClN3O3. The van der Waals surface area contributed by atoms with Crippen LogP contribution in [0.2, 0.25) is 5.02 Å². The molecule has 0 aliphatic heterocycles. The Kier molecular flexibility index (Phi) is 7.15. The Morgan fingerprint density at radius 2 is 1.88 bits per heavy atom. The molecule has 0 bridgehead atoms. The van der Waals surface area contributed by atoms with Crippen LogP contribution in [0.3, 0.4) is 0 Å². The molecule has 0 fully saturated rings. The van der Waals surface area contributed by atoms with Crippen molar-refractivity contribution in [1.82, 2.24) is 14.9 Å². The maximum atomic E-state index is 12.7. The molecule has 4 rings (SSSR count). The molecular weight excluding hydrogens is 438 g/mol. The third-order valence-electron chi connectivity index (χ3n) is 5.42. The molecule has 0 aliphatic rings. The minimum absolute atomic E-state index is 0.201. The van der Waals surface area contributed by atoms with Gasteiger partial charge < -0.3 is 19.4 Å². The zero-order valence-electron chi connectivity index (χ0n) is 18.7.